The Hall–Kier alpha value is -0.160. The van der Waals surface area contributed by atoms with Crippen molar-refractivity contribution >= 4 is 0 Å². The quantitative estimate of drug-likeness (QED) is 0.581. The first-order valence-electron chi connectivity index (χ1n) is 8.60. The maximum absolute atomic E-state index is 5.69. The van der Waals surface area contributed by atoms with Crippen LogP contribution in [0, 0.1) is 23.2 Å². The molecule has 3 aliphatic heterocycles. The van der Waals surface area contributed by atoms with Gasteiger partial charge in [0.1, 0.15) is 0 Å². The van der Waals surface area contributed by atoms with Crippen LogP contribution in [0.3, 0.4) is 0 Å². The Morgan fingerprint density at radius 2 is 1.24 bits per heavy atom. The van der Waals surface area contributed by atoms with Gasteiger partial charge in [0.2, 0.25) is 0 Å². The first kappa shape index (κ1) is 15.7. The summed E-state index contributed by atoms with van der Waals surface area (Å²) in [4.78, 5) is 0. The van der Waals surface area contributed by atoms with E-state index in [0.29, 0.717) is 5.41 Å². The zero-order chi connectivity index (χ0) is 14.5. The minimum Gasteiger partial charge on any atom is -0.382 e. The van der Waals surface area contributed by atoms with E-state index in [4.69, 9.17) is 18.9 Å². The lowest BCUT2D eigenvalue weighted by Gasteiger charge is -2.46. The lowest BCUT2D eigenvalue weighted by atomic mass is 9.65. The molecule has 0 spiro atoms. The number of ether oxygens (including phenoxy) is 4. The van der Waals surface area contributed by atoms with E-state index in [1.165, 1.54) is 25.7 Å². The zero-order valence-corrected chi connectivity index (χ0v) is 13.4. The minimum absolute atomic E-state index is 0.409. The second-order valence-corrected chi connectivity index (χ2v) is 7.27. The third kappa shape index (κ3) is 4.19. The maximum atomic E-state index is 5.69. The number of hydrogen-bond acceptors (Lipinski definition) is 4. The van der Waals surface area contributed by atoms with E-state index in [1.54, 1.807) is 0 Å². The highest BCUT2D eigenvalue weighted by atomic mass is 16.5. The summed E-state index contributed by atoms with van der Waals surface area (Å²) in [5, 5.41) is 0. The van der Waals surface area contributed by atoms with Gasteiger partial charge in [-0.15, -0.1) is 0 Å². The molecule has 4 heteroatoms. The highest BCUT2D eigenvalue weighted by molar-refractivity contribution is 4.90. The molecule has 0 radical (unpaired) electrons. The van der Waals surface area contributed by atoms with Crippen molar-refractivity contribution in [2.75, 3.05) is 52.9 Å². The highest BCUT2D eigenvalue weighted by Crippen LogP contribution is 2.46. The van der Waals surface area contributed by atoms with Crippen LogP contribution in [0.5, 0.6) is 0 Å². The molecule has 122 valence electrons. The van der Waals surface area contributed by atoms with E-state index in [9.17, 15) is 0 Å². The Balaban J connectivity index is 1.62. The van der Waals surface area contributed by atoms with Crippen molar-refractivity contribution in [2.45, 2.75) is 32.6 Å². The molecule has 0 N–H and O–H groups in total. The van der Waals surface area contributed by atoms with Crippen molar-refractivity contribution < 1.29 is 18.9 Å². The molecule has 3 rings (SSSR count). The van der Waals surface area contributed by atoms with Gasteiger partial charge >= 0.3 is 0 Å². The Kier molecular flexibility index (Phi) is 5.54. The predicted molar refractivity (Wildman–Crippen MR) is 80.3 cm³/mol. The van der Waals surface area contributed by atoms with Gasteiger partial charge in [-0.3, -0.25) is 0 Å². The van der Waals surface area contributed by atoms with Crippen LogP contribution >= 0.6 is 0 Å². The largest absolute Gasteiger partial charge is 0.382 e. The summed E-state index contributed by atoms with van der Waals surface area (Å²) < 4.78 is 21.9. The summed E-state index contributed by atoms with van der Waals surface area (Å²) in [5.74, 6) is 2.27. The van der Waals surface area contributed by atoms with Gasteiger partial charge < -0.3 is 18.9 Å². The van der Waals surface area contributed by atoms with Crippen LogP contribution < -0.4 is 0 Å². The molecular formula is C17H30O4. The van der Waals surface area contributed by atoms with Gasteiger partial charge in [0, 0.05) is 31.0 Å². The van der Waals surface area contributed by atoms with Crippen molar-refractivity contribution in [3.05, 3.63) is 0 Å². The fraction of sp³-hybridized carbons (Fsp3) is 1.00. The fourth-order valence-corrected chi connectivity index (χ4v) is 4.03. The Morgan fingerprint density at radius 3 is 1.52 bits per heavy atom. The molecule has 3 fully saturated rings. The van der Waals surface area contributed by atoms with Crippen molar-refractivity contribution in [3.63, 3.8) is 0 Å². The summed E-state index contributed by atoms with van der Waals surface area (Å²) in [6.07, 6.45) is 5.08. The molecule has 0 aliphatic carbocycles. The summed E-state index contributed by atoms with van der Waals surface area (Å²) >= 11 is 0. The SMILES string of the molecule is CCOCCC(CC1COC1)(CC1COC1)CC1COC1. The standard InChI is InChI=1S/C17H30O4/c1-2-18-4-3-17(5-14-8-19-9-14,6-15-10-20-11-15)7-16-12-21-13-16/h14-16H,2-13H2,1H3. The van der Waals surface area contributed by atoms with Gasteiger partial charge in [0.05, 0.1) is 39.6 Å². The number of hydrogen-bond donors (Lipinski definition) is 0. The molecule has 3 aliphatic rings. The van der Waals surface area contributed by atoms with Crippen LogP contribution in [0.15, 0.2) is 0 Å². The molecule has 0 saturated carbocycles. The first-order chi connectivity index (χ1) is 10.3. The molecule has 21 heavy (non-hydrogen) atoms. The molecule has 3 heterocycles. The van der Waals surface area contributed by atoms with E-state index < -0.39 is 0 Å². The van der Waals surface area contributed by atoms with Crippen LogP contribution in [0.2, 0.25) is 0 Å². The van der Waals surface area contributed by atoms with Crippen LogP contribution in [-0.4, -0.2) is 52.9 Å². The fourth-order valence-electron chi connectivity index (χ4n) is 4.03. The van der Waals surface area contributed by atoms with Gasteiger partial charge in [-0.1, -0.05) is 0 Å². The lowest BCUT2D eigenvalue weighted by Crippen LogP contribution is -2.43. The molecule has 0 bridgehead atoms. The van der Waals surface area contributed by atoms with E-state index >= 15 is 0 Å². The average molecular weight is 298 g/mol. The smallest absolute Gasteiger partial charge is 0.0516 e. The second-order valence-electron chi connectivity index (χ2n) is 7.27. The molecule has 0 unspecified atom stereocenters. The molecule has 0 aromatic carbocycles. The average Bonchev–Trinajstić information content (AvgIpc) is 2.34. The van der Waals surface area contributed by atoms with Gasteiger partial charge in [-0.2, -0.15) is 0 Å². The summed E-state index contributed by atoms with van der Waals surface area (Å²) in [6, 6.07) is 0. The van der Waals surface area contributed by atoms with Crippen LogP contribution in [-0.2, 0) is 18.9 Å². The summed E-state index contributed by atoms with van der Waals surface area (Å²) in [6.45, 7) is 9.54. The van der Waals surface area contributed by atoms with Crippen LogP contribution in [0.4, 0.5) is 0 Å². The highest BCUT2D eigenvalue weighted by Gasteiger charge is 2.41. The van der Waals surface area contributed by atoms with E-state index in [0.717, 1.165) is 70.6 Å². The zero-order valence-electron chi connectivity index (χ0n) is 13.4. The summed E-state index contributed by atoms with van der Waals surface area (Å²) in [7, 11) is 0. The molecule has 0 aromatic rings. The number of rotatable bonds is 10. The monoisotopic (exact) mass is 298 g/mol. The van der Waals surface area contributed by atoms with E-state index in [2.05, 4.69) is 6.92 Å². The minimum atomic E-state index is 0.409. The molecule has 4 nitrogen and oxygen atoms in total. The van der Waals surface area contributed by atoms with Gasteiger partial charge in [0.25, 0.3) is 0 Å². The third-order valence-corrected chi connectivity index (χ3v) is 5.27. The molecule has 0 atom stereocenters. The summed E-state index contributed by atoms with van der Waals surface area (Å²) in [5.41, 5.74) is 0.409. The Morgan fingerprint density at radius 1 is 0.810 bits per heavy atom. The normalized spacial score (nSPS) is 24.4. The van der Waals surface area contributed by atoms with Crippen LogP contribution in [0.25, 0.3) is 0 Å². The van der Waals surface area contributed by atoms with E-state index in [1.807, 2.05) is 0 Å². The molecular weight excluding hydrogens is 268 g/mol. The third-order valence-electron chi connectivity index (χ3n) is 5.27. The second kappa shape index (κ2) is 7.40. The predicted octanol–water partition coefficient (Wildman–Crippen LogP) is 2.51. The first-order valence-corrected chi connectivity index (χ1v) is 8.60. The van der Waals surface area contributed by atoms with Crippen molar-refractivity contribution in [1.82, 2.24) is 0 Å². The van der Waals surface area contributed by atoms with Crippen molar-refractivity contribution in [3.8, 4) is 0 Å². The molecule has 0 aromatic heterocycles. The molecule has 3 saturated heterocycles. The Bertz CT molecular complexity index is 267. The lowest BCUT2D eigenvalue weighted by molar-refractivity contribution is -0.111. The van der Waals surface area contributed by atoms with Crippen LogP contribution in [0.1, 0.15) is 32.6 Å². The topological polar surface area (TPSA) is 36.9 Å². The van der Waals surface area contributed by atoms with Gasteiger partial charge in [0.15, 0.2) is 0 Å². The maximum Gasteiger partial charge on any atom is 0.0516 e. The van der Waals surface area contributed by atoms with Gasteiger partial charge in [-0.25, -0.2) is 0 Å². The van der Waals surface area contributed by atoms with Crippen molar-refractivity contribution in [1.29, 1.82) is 0 Å². The molecule has 0 amide bonds. The Labute approximate surface area is 128 Å². The van der Waals surface area contributed by atoms with E-state index in [-0.39, 0.29) is 0 Å². The van der Waals surface area contributed by atoms with Crippen molar-refractivity contribution in [2.24, 2.45) is 23.2 Å². The van der Waals surface area contributed by atoms with Gasteiger partial charge in [-0.05, 0) is 38.0 Å².